The number of hydrogen-bond acceptors (Lipinski definition) is 9. The first-order valence-electron chi connectivity index (χ1n) is 15.4. The summed E-state index contributed by atoms with van der Waals surface area (Å²) in [6.07, 6.45) is 3.74. The van der Waals surface area contributed by atoms with Crippen LogP contribution in [0.2, 0.25) is 0 Å². The fourth-order valence-electron chi connectivity index (χ4n) is 6.54. The molecule has 48 heavy (non-hydrogen) atoms. The smallest absolute Gasteiger partial charge is 0.371 e. The number of amides is 4. The molecule has 258 valence electrons. The summed E-state index contributed by atoms with van der Waals surface area (Å²) < 4.78 is 46.4. The summed E-state index contributed by atoms with van der Waals surface area (Å²) >= 11 is 2.44. The van der Waals surface area contributed by atoms with E-state index in [4.69, 9.17) is 14.5 Å². The molecule has 4 amide bonds. The minimum absolute atomic E-state index is 0.0675. The number of halogens is 2. The number of nitrogens with one attached hydrogen (secondary N) is 1. The van der Waals surface area contributed by atoms with Crippen LogP contribution in [-0.2, 0) is 36.0 Å². The summed E-state index contributed by atoms with van der Waals surface area (Å²) in [5, 5.41) is 2.87. The number of nitrogens with zero attached hydrogens (tertiary/aromatic N) is 4. The lowest BCUT2D eigenvalue weighted by Gasteiger charge is -2.39. The number of fused-ring (bicyclic) bond motifs is 2. The number of thiazole rings is 1. The monoisotopic (exact) mass is 725 g/mol. The molecule has 3 saturated heterocycles. The maximum atomic E-state index is 14.3. The molecule has 6 rings (SSSR count). The molecular weight excluding hydrogens is 691 g/mol. The number of alkyl halides is 2. The van der Waals surface area contributed by atoms with Crippen LogP contribution in [0.25, 0.3) is 10.1 Å². The van der Waals surface area contributed by atoms with Crippen LogP contribution >= 0.6 is 30.3 Å². The molecule has 4 atom stereocenters. The summed E-state index contributed by atoms with van der Waals surface area (Å²) in [7, 11) is -5.80. The van der Waals surface area contributed by atoms with Gasteiger partial charge in [-0.2, -0.15) is 8.78 Å². The van der Waals surface area contributed by atoms with Gasteiger partial charge in [0.2, 0.25) is 17.7 Å². The second-order valence-electron chi connectivity index (χ2n) is 12.2. The Bertz CT molecular complexity index is 1770. The number of benzene rings is 1. The molecule has 0 spiro atoms. The Morgan fingerprint density at radius 1 is 1.10 bits per heavy atom. The Morgan fingerprint density at radius 3 is 2.58 bits per heavy atom. The first kappa shape index (κ1) is 34.5. The zero-order valence-corrected chi connectivity index (χ0v) is 28.3. The van der Waals surface area contributed by atoms with Crippen LogP contribution in [0.3, 0.4) is 0 Å². The number of carbonyl (C=O) groups excluding carboxylic acids is 4. The average molecular weight is 726 g/mol. The molecule has 3 aliphatic heterocycles. The van der Waals surface area contributed by atoms with Crippen LogP contribution in [0.4, 0.5) is 8.78 Å². The van der Waals surface area contributed by atoms with Gasteiger partial charge in [-0.05, 0) is 49.3 Å². The van der Waals surface area contributed by atoms with E-state index in [1.807, 2.05) is 0 Å². The highest BCUT2D eigenvalue weighted by atomic mass is 32.1. The third kappa shape index (κ3) is 6.89. The number of likely N-dealkylation sites (tertiary alicyclic amines) is 1. The normalized spacial score (nSPS) is 23.7. The Balaban J connectivity index is 1.19. The van der Waals surface area contributed by atoms with Crippen molar-refractivity contribution in [2.45, 2.75) is 69.1 Å². The topological polar surface area (TPSA) is 170 Å². The third-order valence-corrected chi connectivity index (χ3v) is 11.9. The second-order valence-corrected chi connectivity index (χ2v) is 15.9. The fraction of sp³-hybridized carbons (Fsp3) is 0.500. The molecule has 13 nitrogen and oxygen atoms in total. The van der Waals surface area contributed by atoms with E-state index in [9.17, 15) is 32.5 Å². The number of thiophene rings is 1. The van der Waals surface area contributed by atoms with Crippen LogP contribution in [0, 0.1) is 0 Å². The highest BCUT2D eigenvalue weighted by Gasteiger charge is 2.50. The summed E-state index contributed by atoms with van der Waals surface area (Å²) in [6, 6.07) is 2.12. The van der Waals surface area contributed by atoms with Gasteiger partial charge >= 0.3 is 13.3 Å². The Morgan fingerprint density at radius 2 is 1.88 bits per heavy atom. The van der Waals surface area contributed by atoms with Crippen molar-refractivity contribution in [1.82, 2.24) is 25.0 Å². The van der Waals surface area contributed by atoms with Gasteiger partial charge in [-0.1, -0.05) is 6.07 Å². The lowest BCUT2D eigenvalue weighted by molar-refractivity contribution is -0.148. The van der Waals surface area contributed by atoms with E-state index in [-0.39, 0.29) is 40.8 Å². The van der Waals surface area contributed by atoms with Crippen molar-refractivity contribution >= 4 is 64.0 Å². The summed E-state index contributed by atoms with van der Waals surface area (Å²) in [5.41, 5.74) is -3.59. The molecule has 3 N–H and O–H groups in total. The van der Waals surface area contributed by atoms with E-state index in [0.717, 1.165) is 28.3 Å². The van der Waals surface area contributed by atoms with Crippen LogP contribution in [0.5, 0.6) is 0 Å². The highest BCUT2D eigenvalue weighted by molar-refractivity contribution is 7.52. The van der Waals surface area contributed by atoms with Gasteiger partial charge in [-0.25, -0.2) is 0 Å². The van der Waals surface area contributed by atoms with Gasteiger partial charge in [0.25, 0.3) is 5.91 Å². The van der Waals surface area contributed by atoms with Gasteiger partial charge in [-0.3, -0.25) is 28.7 Å². The molecule has 0 aliphatic carbocycles. The van der Waals surface area contributed by atoms with Crippen LogP contribution in [0.1, 0.15) is 52.7 Å². The van der Waals surface area contributed by atoms with E-state index in [2.05, 4.69) is 10.3 Å². The Hall–Kier alpha value is -3.34. The van der Waals surface area contributed by atoms with Crippen LogP contribution in [-0.4, -0.2) is 104 Å². The van der Waals surface area contributed by atoms with E-state index >= 15 is 0 Å². The summed E-state index contributed by atoms with van der Waals surface area (Å²) in [5.74, 6) is -1.64. The molecular formula is C30H34F2N5O8PS2. The van der Waals surface area contributed by atoms with Crippen molar-refractivity contribution in [3.63, 3.8) is 0 Å². The van der Waals surface area contributed by atoms with Crippen LogP contribution < -0.4 is 5.32 Å². The first-order chi connectivity index (χ1) is 22.7. The van der Waals surface area contributed by atoms with Gasteiger partial charge in [0.15, 0.2) is 0 Å². The van der Waals surface area contributed by atoms with Gasteiger partial charge in [0, 0.05) is 55.6 Å². The molecule has 18 heteroatoms. The SMILES string of the molecule is CC(=O)N1CC[C@H]2CC[C@@H](C(=O)N3CCC(OCc4cncs4)C3)N2C(=O)C(NC(=O)c2cc3cc(C(F)(F)P(=O)(O)O)ccc3s2)C1. The lowest BCUT2D eigenvalue weighted by atomic mass is 10.1. The minimum Gasteiger partial charge on any atom is -0.371 e. The van der Waals surface area contributed by atoms with Gasteiger partial charge in [-0.15, -0.1) is 22.7 Å². The number of hydrogen-bond donors (Lipinski definition) is 3. The number of ether oxygens (including phenoxy) is 1. The molecule has 3 aromatic rings. The van der Waals surface area contributed by atoms with Gasteiger partial charge in [0.05, 0.1) is 28.0 Å². The minimum atomic E-state index is -5.80. The van der Waals surface area contributed by atoms with Crippen molar-refractivity contribution in [2.75, 3.05) is 26.2 Å². The third-order valence-electron chi connectivity index (χ3n) is 9.08. The molecule has 5 heterocycles. The van der Waals surface area contributed by atoms with E-state index in [0.29, 0.717) is 56.6 Å². The number of carbonyl (C=O) groups is 4. The Labute approximate surface area is 282 Å². The van der Waals surface area contributed by atoms with Crippen molar-refractivity contribution in [3.8, 4) is 0 Å². The Kier molecular flexibility index (Phi) is 9.72. The quantitative estimate of drug-likeness (QED) is 0.296. The largest absolute Gasteiger partial charge is 0.399 e. The number of aromatic nitrogens is 1. The fourth-order valence-corrected chi connectivity index (χ4v) is 8.48. The molecule has 3 aliphatic rings. The molecule has 1 aromatic carbocycles. The first-order valence-corrected chi connectivity index (χ1v) is 18.7. The standard InChI is InChI=1S/C30H34F2N5O8PS2/c1-17(38)35-8-6-20-3-4-24(29(41)36-9-7-21(13-36)45-15-22-12-33-16-47-22)37(20)28(40)23(14-35)34-27(39)26-11-18-10-19(2-5-25(18)48-26)30(31,32)46(42,43)44/h2,5,10-12,16,20-21,23-24H,3-4,6-9,13-15H2,1H3,(H,34,39)(H2,42,43,44)/t20-,21?,23?,24+/m1/s1. The van der Waals surface area contributed by atoms with Crippen molar-refractivity contribution in [1.29, 1.82) is 0 Å². The van der Waals surface area contributed by atoms with Gasteiger partial charge < -0.3 is 34.5 Å². The van der Waals surface area contributed by atoms with Crippen molar-refractivity contribution in [3.05, 3.63) is 51.3 Å². The summed E-state index contributed by atoms with van der Waals surface area (Å²) in [4.78, 5) is 82.1. The predicted molar refractivity (Wildman–Crippen MR) is 171 cm³/mol. The molecule has 0 saturated carbocycles. The van der Waals surface area contributed by atoms with Gasteiger partial charge in [0.1, 0.15) is 12.1 Å². The zero-order chi connectivity index (χ0) is 34.4. The average Bonchev–Trinajstić information content (AvgIpc) is 3.85. The van der Waals surface area contributed by atoms with E-state index < -0.39 is 42.7 Å². The molecule has 3 fully saturated rings. The second kappa shape index (κ2) is 13.5. The van der Waals surface area contributed by atoms with Crippen molar-refractivity contribution < 1.29 is 47.0 Å². The lowest BCUT2D eigenvalue weighted by Crippen LogP contribution is -2.61. The van der Waals surface area contributed by atoms with E-state index in [1.165, 1.54) is 35.3 Å². The predicted octanol–water partition coefficient (Wildman–Crippen LogP) is 3.11. The molecule has 0 radical (unpaired) electrons. The molecule has 2 unspecified atom stereocenters. The summed E-state index contributed by atoms with van der Waals surface area (Å²) in [6.45, 7) is 2.87. The zero-order valence-electron chi connectivity index (χ0n) is 25.8. The van der Waals surface area contributed by atoms with Crippen LogP contribution in [0.15, 0.2) is 36.0 Å². The van der Waals surface area contributed by atoms with Crippen molar-refractivity contribution in [2.24, 2.45) is 0 Å². The van der Waals surface area contributed by atoms with E-state index in [1.54, 1.807) is 21.5 Å². The molecule has 0 bridgehead atoms. The number of rotatable bonds is 8. The maximum absolute atomic E-state index is 14.3. The molecule has 2 aromatic heterocycles. The highest BCUT2D eigenvalue weighted by Crippen LogP contribution is 2.59. The maximum Gasteiger partial charge on any atom is 0.399 e.